The van der Waals surface area contributed by atoms with Gasteiger partial charge >= 0.3 is 0 Å². The summed E-state index contributed by atoms with van der Waals surface area (Å²) in [5, 5.41) is 10.8. The molecule has 1 N–H and O–H groups in total. The van der Waals surface area contributed by atoms with Gasteiger partial charge in [-0.3, -0.25) is 0 Å². The van der Waals surface area contributed by atoms with Gasteiger partial charge in [0, 0.05) is 10.9 Å². The maximum atomic E-state index is 13.9. The first kappa shape index (κ1) is 15.0. The summed E-state index contributed by atoms with van der Waals surface area (Å²) >= 11 is 3.26. The highest BCUT2D eigenvalue weighted by atomic mass is 79.9. The minimum absolute atomic E-state index is 0.227. The lowest BCUT2D eigenvalue weighted by molar-refractivity contribution is -0.0245. The maximum Gasteiger partial charge on any atom is 0.127 e. The van der Waals surface area contributed by atoms with Crippen LogP contribution in [0.2, 0.25) is 0 Å². The monoisotopic (exact) mass is 328 g/mol. The van der Waals surface area contributed by atoms with Gasteiger partial charge in [0.1, 0.15) is 5.82 Å². The van der Waals surface area contributed by atoms with Crippen LogP contribution < -0.4 is 0 Å². The highest BCUT2D eigenvalue weighted by Gasteiger charge is 2.35. The SMILES string of the molecule is CC(C)C1CCCC(O)(Cc2ccc(Br)cc2F)C1. The zero-order valence-corrected chi connectivity index (χ0v) is 13.2. The van der Waals surface area contributed by atoms with E-state index in [1.165, 1.54) is 12.5 Å². The van der Waals surface area contributed by atoms with Gasteiger partial charge in [0.2, 0.25) is 0 Å². The van der Waals surface area contributed by atoms with Crippen LogP contribution in [0.4, 0.5) is 4.39 Å². The predicted molar refractivity (Wildman–Crippen MR) is 79.5 cm³/mol. The lowest BCUT2D eigenvalue weighted by Gasteiger charge is -2.38. The number of benzene rings is 1. The normalized spacial score (nSPS) is 27.8. The second-order valence-corrected chi connectivity index (χ2v) is 7.15. The molecule has 0 aliphatic heterocycles. The highest BCUT2D eigenvalue weighted by Crippen LogP contribution is 2.38. The summed E-state index contributed by atoms with van der Waals surface area (Å²) in [4.78, 5) is 0. The van der Waals surface area contributed by atoms with Crippen molar-refractivity contribution in [2.45, 2.75) is 51.6 Å². The van der Waals surface area contributed by atoms with E-state index in [0.29, 0.717) is 23.8 Å². The quantitative estimate of drug-likeness (QED) is 0.852. The Morgan fingerprint density at radius 2 is 2.21 bits per heavy atom. The minimum atomic E-state index is -0.734. The van der Waals surface area contributed by atoms with Crippen molar-refractivity contribution in [1.82, 2.24) is 0 Å². The molecule has 0 heterocycles. The van der Waals surface area contributed by atoms with Crippen molar-refractivity contribution in [2.24, 2.45) is 11.8 Å². The fourth-order valence-corrected chi connectivity index (χ4v) is 3.47. The third kappa shape index (κ3) is 3.79. The summed E-state index contributed by atoms with van der Waals surface area (Å²) in [7, 11) is 0. The molecule has 2 unspecified atom stereocenters. The molecule has 19 heavy (non-hydrogen) atoms. The van der Waals surface area contributed by atoms with Gasteiger partial charge in [0.15, 0.2) is 0 Å². The smallest absolute Gasteiger partial charge is 0.127 e. The van der Waals surface area contributed by atoms with E-state index in [0.717, 1.165) is 23.7 Å². The van der Waals surface area contributed by atoms with Gasteiger partial charge in [-0.2, -0.15) is 0 Å². The van der Waals surface area contributed by atoms with E-state index in [1.54, 1.807) is 6.07 Å². The van der Waals surface area contributed by atoms with Crippen LogP contribution in [0.3, 0.4) is 0 Å². The highest BCUT2D eigenvalue weighted by molar-refractivity contribution is 9.10. The first-order chi connectivity index (χ1) is 8.89. The number of hydrogen-bond donors (Lipinski definition) is 1. The molecule has 0 spiro atoms. The van der Waals surface area contributed by atoms with E-state index >= 15 is 0 Å². The Hall–Kier alpha value is -0.410. The molecule has 0 saturated heterocycles. The van der Waals surface area contributed by atoms with Gasteiger partial charge in [-0.25, -0.2) is 4.39 Å². The largest absolute Gasteiger partial charge is 0.390 e. The van der Waals surface area contributed by atoms with Crippen molar-refractivity contribution in [3.05, 3.63) is 34.1 Å². The van der Waals surface area contributed by atoms with Crippen LogP contribution in [0, 0.1) is 17.7 Å². The molecule has 0 bridgehead atoms. The molecule has 0 amide bonds. The molecule has 1 fully saturated rings. The lowest BCUT2D eigenvalue weighted by Crippen LogP contribution is -2.39. The molecule has 0 radical (unpaired) electrons. The molecular formula is C16H22BrFO. The van der Waals surface area contributed by atoms with E-state index in [9.17, 15) is 9.50 Å². The number of hydrogen-bond acceptors (Lipinski definition) is 1. The summed E-state index contributed by atoms with van der Waals surface area (Å²) in [6.45, 7) is 4.41. The molecular weight excluding hydrogens is 307 g/mol. The Morgan fingerprint density at radius 3 is 2.84 bits per heavy atom. The molecule has 106 valence electrons. The zero-order chi connectivity index (χ0) is 14.0. The number of halogens is 2. The summed E-state index contributed by atoms with van der Waals surface area (Å²) in [6.07, 6.45) is 4.22. The van der Waals surface area contributed by atoms with Crippen molar-refractivity contribution >= 4 is 15.9 Å². The minimum Gasteiger partial charge on any atom is -0.390 e. The Kier molecular flexibility index (Phi) is 4.67. The summed E-state index contributed by atoms with van der Waals surface area (Å²) in [6, 6.07) is 5.09. The average Bonchev–Trinajstić information content (AvgIpc) is 2.33. The van der Waals surface area contributed by atoms with E-state index in [2.05, 4.69) is 29.8 Å². The van der Waals surface area contributed by atoms with Crippen LogP contribution in [0.15, 0.2) is 22.7 Å². The van der Waals surface area contributed by atoms with Gasteiger partial charge in [-0.15, -0.1) is 0 Å². The standard InChI is InChI=1S/C16H22BrFO/c1-11(2)12-4-3-7-16(19,9-12)10-13-5-6-14(17)8-15(13)18/h5-6,8,11-12,19H,3-4,7,9-10H2,1-2H3. The van der Waals surface area contributed by atoms with Crippen molar-refractivity contribution in [3.8, 4) is 0 Å². The Bertz CT molecular complexity index is 446. The van der Waals surface area contributed by atoms with Gasteiger partial charge in [0.05, 0.1) is 5.60 Å². The fraction of sp³-hybridized carbons (Fsp3) is 0.625. The molecule has 1 aromatic carbocycles. The van der Waals surface area contributed by atoms with Crippen LogP contribution in [-0.4, -0.2) is 10.7 Å². The predicted octanol–water partition coefficient (Wildman–Crippen LogP) is 4.71. The second kappa shape index (κ2) is 5.92. The van der Waals surface area contributed by atoms with Crippen molar-refractivity contribution in [2.75, 3.05) is 0 Å². The molecule has 3 heteroatoms. The van der Waals surface area contributed by atoms with Crippen molar-refractivity contribution < 1.29 is 9.50 Å². The van der Waals surface area contributed by atoms with Gasteiger partial charge < -0.3 is 5.11 Å². The molecule has 1 aromatic rings. The molecule has 1 aliphatic carbocycles. The van der Waals surface area contributed by atoms with Crippen LogP contribution in [0.25, 0.3) is 0 Å². The maximum absolute atomic E-state index is 13.9. The van der Waals surface area contributed by atoms with Crippen LogP contribution in [0.5, 0.6) is 0 Å². The average molecular weight is 329 g/mol. The molecule has 1 saturated carbocycles. The molecule has 1 nitrogen and oxygen atoms in total. The fourth-order valence-electron chi connectivity index (χ4n) is 3.13. The lowest BCUT2D eigenvalue weighted by atomic mass is 9.71. The third-order valence-corrected chi connectivity index (χ3v) is 4.83. The van der Waals surface area contributed by atoms with E-state index in [-0.39, 0.29) is 5.82 Å². The first-order valence-corrected chi connectivity index (χ1v) is 7.85. The summed E-state index contributed by atoms with van der Waals surface area (Å²) in [5.41, 5.74) is -0.114. The van der Waals surface area contributed by atoms with E-state index in [1.807, 2.05) is 6.07 Å². The summed E-state index contributed by atoms with van der Waals surface area (Å²) in [5.74, 6) is 0.910. The topological polar surface area (TPSA) is 20.2 Å². The molecule has 2 atom stereocenters. The van der Waals surface area contributed by atoms with Gasteiger partial charge in [-0.1, -0.05) is 42.3 Å². The van der Waals surface area contributed by atoms with E-state index in [4.69, 9.17) is 0 Å². The van der Waals surface area contributed by atoms with Crippen LogP contribution in [-0.2, 0) is 6.42 Å². The number of rotatable bonds is 3. The van der Waals surface area contributed by atoms with E-state index < -0.39 is 5.60 Å². The molecule has 2 rings (SSSR count). The first-order valence-electron chi connectivity index (χ1n) is 7.06. The Morgan fingerprint density at radius 1 is 1.47 bits per heavy atom. The van der Waals surface area contributed by atoms with Gasteiger partial charge in [-0.05, 0) is 48.8 Å². The Balaban J connectivity index is 2.12. The zero-order valence-electron chi connectivity index (χ0n) is 11.6. The Labute approximate surface area is 123 Å². The number of aliphatic hydroxyl groups is 1. The second-order valence-electron chi connectivity index (χ2n) is 6.24. The molecule has 1 aliphatic rings. The van der Waals surface area contributed by atoms with Crippen LogP contribution in [0.1, 0.15) is 45.1 Å². The summed E-state index contributed by atoms with van der Waals surface area (Å²) < 4.78 is 14.6. The molecule has 0 aromatic heterocycles. The van der Waals surface area contributed by atoms with Gasteiger partial charge in [0.25, 0.3) is 0 Å². The van der Waals surface area contributed by atoms with Crippen molar-refractivity contribution in [1.29, 1.82) is 0 Å². The third-order valence-electron chi connectivity index (χ3n) is 4.34. The van der Waals surface area contributed by atoms with Crippen molar-refractivity contribution in [3.63, 3.8) is 0 Å². The van der Waals surface area contributed by atoms with Crippen LogP contribution >= 0.6 is 15.9 Å².